The van der Waals surface area contributed by atoms with E-state index in [-0.39, 0.29) is 11.9 Å². The van der Waals surface area contributed by atoms with Gasteiger partial charge in [-0.1, -0.05) is 24.3 Å². The molecule has 3 heteroatoms. The number of nitrogens with one attached hydrogen (secondary N) is 1. The largest absolute Gasteiger partial charge is 0.309 e. The monoisotopic (exact) mass is 321 g/mol. The van der Waals surface area contributed by atoms with Gasteiger partial charge < -0.3 is 5.32 Å². The second-order valence-electron chi connectivity index (χ2n) is 4.74. The Balaban J connectivity index is 2.43. The Morgan fingerprint density at radius 3 is 2.21 bits per heavy atom. The molecule has 0 aliphatic rings. The molecule has 0 radical (unpaired) electrons. The third-order valence-corrected chi connectivity index (χ3v) is 4.04. The number of hydrogen-bond acceptors (Lipinski definition) is 1. The zero-order chi connectivity index (χ0) is 14.0. The van der Waals surface area contributed by atoms with E-state index in [9.17, 15) is 4.39 Å². The van der Waals surface area contributed by atoms with Gasteiger partial charge >= 0.3 is 0 Å². The van der Waals surface area contributed by atoms with Crippen molar-refractivity contribution in [1.82, 2.24) is 5.32 Å². The molecular weight excluding hydrogens is 305 g/mol. The molecule has 0 saturated carbocycles. The number of benzene rings is 2. The van der Waals surface area contributed by atoms with E-state index in [1.54, 1.807) is 0 Å². The summed E-state index contributed by atoms with van der Waals surface area (Å²) in [5.74, 6) is -0.237. The topological polar surface area (TPSA) is 12.0 Å². The minimum atomic E-state index is -0.237. The fourth-order valence-corrected chi connectivity index (χ4v) is 2.56. The summed E-state index contributed by atoms with van der Waals surface area (Å²) < 4.78 is 13.8. The van der Waals surface area contributed by atoms with Crippen molar-refractivity contribution in [1.29, 1.82) is 0 Å². The van der Waals surface area contributed by atoms with Crippen molar-refractivity contribution in [3.05, 3.63) is 68.9 Å². The third-order valence-electron chi connectivity index (χ3n) is 3.43. The highest BCUT2D eigenvalue weighted by Gasteiger charge is 2.14. The van der Waals surface area contributed by atoms with Crippen LogP contribution in [0, 0.1) is 19.7 Å². The number of hydrogen-bond donors (Lipinski definition) is 1. The van der Waals surface area contributed by atoms with Gasteiger partial charge in [-0.3, -0.25) is 0 Å². The standard InChI is InChI=1S/C16H17BrFN/c1-10-4-5-12(8-11(10)2)16(19-3)13-6-7-15(18)14(17)9-13/h4-9,16,19H,1-3H3. The van der Waals surface area contributed by atoms with E-state index >= 15 is 0 Å². The molecule has 100 valence electrons. The maximum Gasteiger partial charge on any atom is 0.137 e. The van der Waals surface area contributed by atoms with Gasteiger partial charge in [-0.15, -0.1) is 0 Å². The van der Waals surface area contributed by atoms with Crippen LogP contribution in [0.4, 0.5) is 4.39 Å². The van der Waals surface area contributed by atoms with Gasteiger partial charge in [-0.2, -0.15) is 0 Å². The highest BCUT2D eigenvalue weighted by atomic mass is 79.9. The molecule has 2 aromatic rings. The summed E-state index contributed by atoms with van der Waals surface area (Å²) in [6.07, 6.45) is 0. The number of aryl methyl sites for hydroxylation is 2. The van der Waals surface area contributed by atoms with Gasteiger partial charge in [0.2, 0.25) is 0 Å². The van der Waals surface area contributed by atoms with Crippen LogP contribution in [-0.2, 0) is 0 Å². The van der Waals surface area contributed by atoms with Gasteiger partial charge in [-0.05, 0) is 71.2 Å². The van der Waals surface area contributed by atoms with Crippen LogP contribution in [-0.4, -0.2) is 7.05 Å². The van der Waals surface area contributed by atoms with Gasteiger partial charge in [0.15, 0.2) is 0 Å². The van der Waals surface area contributed by atoms with Gasteiger partial charge in [0.05, 0.1) is 10.5 Å². The molecule has 0 aliphatic carbocycles. The molecule has 0 fully saturated rings. The van der Waals surface area contributed by atoms with Crippen LogP contribution in [0.1, 0.15) is 28.3 Å². The van der Waals surface area contributed by atoms with Gasteiger partial charge in [0.1, 0.15) is 5.82 Å². The smallest absolute Gasteiger partial charge is 0.137 e. The molecule has 0 aromatic heterocycles. The van der Waals surface area contributed by atoms with Crippen molar-refractivity contribution in [2.75, 3.05) is 7.05 Å². The van der Waals surface area contributed by atoms with Crippen LogP contribution >= 0.6 is 15.9 Å². The molecule has 0 aliphatic heterocycles. The summed E-state index contributed by atoms with van der Waals surface area (Å²) in [5.41, 5.74) is 4.76. The maximum atomic E-state index is 13.3. The third kappa shape index (κ3) is 3.04. The Kier molecular flexibility index (Phi) is 4.38. The Morgan fingerprint density at radius 1 is 1.00 bits per heavy atom. The molecule has 2 aromatic carbocycles. The van der Waals surface area contributed by atoms with E-state index in [1.807, 2.05) is 19.2 Å². The Morgan fingerprint density at radius 2 is 1.63 bits per heavy atom. The van der Waals surface area contributed by atoms with Crippen molar-refractivity contribution in [3.63, 3.8) is 0 Å². The van der Waals surface area contributed by atoms with E-state index in [1.165, 1.54) is 22.8 Å². The van der Waals surface area contributed by atoms with E-state index in [0.717, 1.165) is 5.56 Å². The van der Waals surface area contributed by atoms with Gasteiger partial charge in [0, 0.05) is 0 Å². The van der Waals surface area contributed by atoms with Crippen LogP contribution < -0.4 is 5.32 Å². The highest BCUT2D eigenvalue weighted by molar-refractivity contribution is 9.10. The fourth-order valence-electron chi connectivity index (χ4n) is 2.16. The first kappa shape index (κ1) is 14.2. The predicted molar refractivity (Wildman–Crippen MR) is 80.9 cm³/mol. The van der Waals surface area contributed by atoms with E-state index < -0.39 is 0 Å². The molecule has 0 spiro atoms. The first-order chi connectivity index (χ1) is 9.02. The molecule has 0 heterocycles. The second kappa shape index (κ2) is 5.85. The molecule has 0 amide bonds. The molecule has 1 atom stereocenters. The van der Waals surface area contributed by atoms with Crippen molar-refractivity contribution in [2.24, 2.45) is 0 Å². The van der Waals surface area contributed by atoms with E-state index in [0.29, 0.717) is 4.47 Å². The Bertz CT molecular complexity index is 544. The van der Waals surface area contributed by atoms with Gasteiger partial charge in [-0.25, -0.2) is 4.39 Å². The normalized spacial score (nSPS) is 12.5. The van der Waals surface area contributed by atoms with Crippen LogP contribution in [0.15, 0.2) is 40.9 Å². The Hall–Kier alpha value is -1.19. The summed E-state index contributed by atoms with van der Waals surface area (Å²) in [4.78, 5) is 0. The summed E-state index contributed by atoms with van der Waals surface area (Å²) in [5, 5.41) is 3.28. The molecule has 0 saturated heterocycles. The highest BCUT2D eigenvalue weighted by Crippen LogP contribution is 2.27. The van der Waals surface area contributed by atoms with Crippen LogP contribution in [0.5, 0.6) is 0 Å². The number of halogens is 2. The summed E-state index contributed by atoms with van der Waals surface area (Å²) in [7, 11) is 1.91. The quantitative estimate of drug-likeness (QED) is 0.876. The lowest BCUT2D eigenvalue weighted by molar-refractivity contribution is 0.616. The minimum absolute atomic E-state index is 0.0659. The molecule has 1 unspecified atom stereocenters. The average molecular weight is 322 g/mol. The van der Waals surface area contributed by atoms with Crippen LogP contribution in [0.3, 0.4) is 0 Å². The van der Waals surface area contributed by atoms with Crippen molar-refractivity contribution >= 4 is 15.9 Å². The SMILES string of the molecule is CNC(c1ccc(C)c(C)c1)c1ccc(F)c(Br)c1. The molecular formula is C16H17BrFN. The summed E-state index contributed by atoms with van der Waals surface area (Å²) in [6.45, 7) is 4.20. The molecule has 19 heavy (non-hydrogen) atoms. The number of rotatable bonds is 3. The van der Waals surface area contributed by atoms with Crippen LogP contribution in [0.25, 0.3) is 0 Å². The van der Waals surface area contributed by atoms with Crippen LogP contribution in [0.2, 0.25) is 0 Å². The minimum Gasteiger partial charge on any atom is -0.309 e. The van der Waals surface area contributed by atoms with E-state index in [2.05, 4.69) is 53.3 Å². The lowest BCUT2D eigenvalue weighted by atomic mass is 9.96. The first-order valence-corrected chi connectivity index (χ1v) is 7.01. The fraction of sp³-hybridized carbons (Fsp3) is 0.250. The van der Waals surface area contributed by atoms with Crippen molar-refractivity contribution in [2.45, 2.75) is 19.9 Å². The van der Waals surface area contributed by atoms with Crippen molar-refractivity contribution in [3.8, 4) is 0 Å². The molecule has 2 rings (SSSR count). The summed E-state index contributed by atoms with van der Waals surface area (Å²) >= 11 is 3.24. The summed E-state index contributed by atoms with van der Waals surface area (Å²) in [6, 6.07) is 11.6. The molecule has 1 nitrogen and oxygen atoms in total. The van der Waals surface area contributed by atoms with Crippen molar-refractivity contribution < 1.29 is 4.39 Å². The first-order valence-electron chi connectivity index (χ1n) is 6.22. The predicted octanol–water partition coefficient (Wildman–Crippen LogP) is 4.51. The zero-order valence-corrected chi connectivity index (χ0v) is 12.9. The molecule has 0 bridgehead atoms. The van der Waals surface area contributed by atoms with E-state index in [4.69, 9.17) is 0 Å². The lowest BCUT2D eigenvalue weighted by Crippen LogP contribution is -2.18. The maximum absolute atomic E-state index is 13.3. The second-order valence-corrected chi connectivity index (χ2v) is 5.59. The zero-order valence-electron chi connectivity index (χ0n) is 11.3. The van der Waals surface area contributed by atoms with Gasteiger partial charge in [0.25, 0.3) is 0 Å². The Labute approximate surface area is 122 Å². The lowest BCUT2D eigenvalue weighted by Gasteiger charge is -2.19. The average Bonchev–Trinajstić information content (AvgIpc) is 2.39. The molecule has 1 N–H and O–H groups in total.